The molecule has 0 radical (unpaired) electrons. The molecule has 2 aromatic carbocycles. The van der Waals surface area contributed by atoms with Crippen molar-refractivity contribution in [1.29, 1.82) is 0 Å². The van der Waals surface area contributed by atoms with Crippen LogP contribution in [0.5, 0.6) is 0 Å². The molecule has 2 atom stereocenters. The van der Waals surface area contributed by atoms with Crippen molar-refractivity contribution in [3.8, 4) is 0 Å². The van der Waals surface area contributed by atoms with E-state index in [0.29, 0.717) is 30.4 Å². The molecule has 0 aromatic heterocycles. The Kier molecular flexibility index (Phi) is 7.25. The van der Waals surface area contributed by atoms with Crippen LogP contribution in [0.15, 0.2) is 24.3 Å². The van der Waals surface area contributed by atoms with Gasteiger partial charge in [-0.1, -0.05) is 12.1 Å². The molecule has 0 unspecified atom stereocenters. The second-order valence-corrected chi connectivity index (χ2v) is 9.20. The molecule has 3 aliphatic rings. The van der Waals surface area contributed by atoms with E-state index in [9.17, 15) is 9.18 Å². The molecule has 0 amide bonds. The van der Waals surface area contributed by atoms with Crippen molar-refractivity contribution in [1.82, 2.24) is 9.80 Å². The lowest BCUT2D eigenvalue weighted by atomic mass is 9.96. The molecule has 0 bridgehead atoms. The number of fused-ring (bicyclic) bond motifs is 2. The smallest absolute Gasteiger partial charge is 0.338 e. The van der Waals surface area contributed by atoms with E-state index in [1.54, 1.807) is 6.07 Å². The minimum atomic E-state index is -0.466. The van der Waals surface area contributed by atoms with E-state index in [2.05, 4.69) is 27.6 Å². The number of ether oxygens (including phenoxy) is 2. The van der Waals surface area contributed by atoms with Gasteiger partial charge in [0.2, 0.25) is 5.69 Å². The number of benzene rings is 2. The summed E-state index contributed by atoms with van der Waals surface area (Å²) in [6.07, 6.45) is 0.811. The van der Waals surface area contributed by atoms with Gasteiger partial charge in [0.1, 0.15) is 12.4 Å². The summed E-state index contributed by atoms with van der Waals surface area (Å²) in [7, 11) is 0. The molecule has 0 aliphatic carbocycles. The van der Waals surface area contributed by atoms with Crippen LogP contribution in [0.1, 0.15) is 44.3 Å². The summed E-state index contributed by atoms with van der Waals surface area (Å²) in [5, 5.41) is 0. The Morgan fingerprint density at radius 1 is 1.15 bits per heavy atom. The fourth-order valence-corrected chi connectivity index (χ4v) is 5.36. The van der Waals surface area contributed by atoms with E-state index in [1.165, 1.54) is 17.2 Å². The monoisotopic (exact) mass is 485 g/mol. The second-order valence-electron chi connectivity index (χ2n) is 9.20. The van der Waals surface area contributed by atoms with Crippen LogP contribution in [-0.4, -0.2) is 61.1 Å². The molecule has 0 spiro atoms. The summed E-state index contributed by atoms with van der Waals surface area (Å²) in [4.78, 5) is 20.1. The lowest BCUT2D eigenvalue weighted by molar-refractivity contribution is -0.0902. The Morgan fingerprint density at radius 2 is 1.97 bits per heavy atom. The van der Waals surface area contributed by atoms with E-state index >= 15 is 0 Å². The quantitative estimate of drug-likeness (QED) is 0.475. The van der Waals surface area contributed by atoms with Crippen LogP contribution in [0.3, 0.4) is 0 Å². The van der Waals surface area contributed by atoms with Gasteiger partial charge in [0.25, 0.3) is 0 Å². The van der Waals surface area contributed by atoms with Crippen LogP contribution in [0, 0.1) is 26.2 Å². The predicted octanol–water partition coefficient (Wildman–Crippen LogP) is 4.39. The van der Waals surface area contributed by atoms with Crippen molar-refractivity contribution >= 4 is 24.1 Å². The van der Waals surface area contributed by atoms with Gasteiger partial charge in [-0.05, 0) is 54.7 Å². The van der Waals surface area contributed by atoms with Crippen molar-refractivity contribution in [3.63, 3.8) is 0 Å². The first-order chi connectivity index (χ1) is 16.0. The third-order valence-electron chi connectivity index (χ3n) is 7.44. The first-order valence-corrected chi connectivity index (χ1v) is 11.5. The van der Waals surface area contributed by atoms with Crippen molar-refractivity contribution in [3.05, 3.63) is 74.9 Å². The molecule has 0 saturated carbocycles. The molecule has 2 aromatic rings. The lowest BCUT2D eigenvalue weighted by Gasteiger charge is -2.46. The number of hydrogen-bond acceptors (Lipinski definition) is 5. The summed E-state index contributed by atoms with van der Waals surface area (Å²) in [6, 6.07) is 7.44. The highest BCUT2D eigenvalue weighted by Gasteiger charge is 2.35. The van der Waals surface area contributed by atoms with Gasteiger partial charge in [0, 0.05) is 44.3 Å². The lowest BCUT2D eigenvalue weighted by Crippen LogP contribution is -2.58. The van der Waals surface area contributed by atoms with Crippen LogP contribution in [0.4, 0.5) is 10.1 Å². The maximum atomic E-state index is 13.9. The Balaban J connectivity index is 0.00000274. The molecule has 3 heterocycles. The summed E-state index contributed by atoms with van der Waals surface area (Å²) < 4.78 is 25.3. The highest BCUT2D eigenvalue weighted by Crippen LogP contribution is 2.34. The van der Waals surface area contributed by atoms with Gasteiger partial charge in [-0.2, -0.15) is 0 Å². The molecule has 5 rings (SSSR count). The number of nitrogens with zero attached hydrogens (tertiary/aromatic N) is 3. The third-order valence-corrected chi connectivity index (χ3v) is 7.44. The summed E-state index contributed by atoms with van der Waals surface area (Å²) in [5.74, 6) is -0.682. The zero-order valence-electron chi connectivity index (χ0n) is 19.5. The predicted molar refractivity (Wildman–Crippen MR) is 129 cm³/mol. The number of morpholine rings is 1. The first-order valence-electron chi connectivity index (χ1n) is 11.5. The Bertz CT molecular complexity index is 1150. The molecule has 6 nitrogen and oxygen atoms in total. The normalized spacial score (nSPS) is 22.4. The average Bonchev–Trinajstić information content (AvgIpc) is 3.20. The van der Waals surface area contributed by atoms with Crippen LogP contribution < -0.4 is 0 Å². The van der Waals surface area contributed by atoms with Crippen molar-refractivity contribution in [2.24, 2.45) is 0 Å². The highest BCUT2D eigenvalue weighted by atomic mass is 35.5. The van der Waals surface area contributed by atoms with Gasteiger partial charge in [0.05, 0.1) is 24.8 Å². The van der Waals surface area contributed by atoms with E-state index in [-0.39, 0.29) is 30.2 Å². The van der Waals surface area contributed by atoms with Gasteiger partial charge in [0.15, 0.2) is 0 Å². The summed E-state index contributed by atoms with van der Waals surface area (Å²) in [5.41, 5.74) is 5.89. The Hall–Kier alpha value is -2.50. The number of carbonyl (C=O) groups excluding carboxylic acids is 1. The van der Waals surface area contributed by atoms with E-state index in [0.717, 1.165) is 50.3 Å². The van der Waals surface area contributed by atoms with Crippen LogP contribution in [0.2, 0.25) is 0 Å². The van der Waals surface area contributed by atoms with Gasteiger partial charge in [-0.25, -0.2) is 14.0 Å². The Morgan fingerprint density at radius 3 is 2.76 bits per heavy atom. The van der Waals surface area contributed by atoms with E-state index < -0.39 is 5.82 Å². The fourth-order valence-electron chi connectivity index (χ4n) is 5.36. The topological polar surface area (TPSA) is 46.4 Å². The third kappa shape index (κ3) is 4.44. The van der Waals surface area contributed by atoms with Crippen molar-refractivity contribution < 1.29 is 18.7 Å². The first kappa shape index (κ1) is 24.6. The van der Waals surface area contributed by atoms with Crippen LogP contribution in [0.25, 0.3) is 4.85 Å². The molecule has 0 N–H and O–H groups in total. The molecule has 8 heteroatoms. The van der Waals surface area contributed by atoms with Crippen molar-refractivity contribution in [2.75, 3.05) is 39.3 Å². The summed E-state index contributed by atoms with van der Waals surface area (Å²) in [6.45, 7) is 16.8. The molecule has 3 aliphatic heterocycles. The number of piperazine rings is 1. The Labute approximate surface area is 205 Å². The number of hydrogen-bond donors (Lipinski definition) is 0. The largest absolute Gasteiger partial charge is 0.457 e. The number of cyclic esters (lactones) is 1. The molecule has 2 fully saturated rings. The van der Waals surface area contributed by atoms with E-state index in [4.69, 9.17) is 16.0 Å². The molecule has 2 saturated heterocycles. The highest BCUT2D eigenvalue weighted by molar-refractivity contribution is 5.93. The van der Waals surface area contributed by atoms with Gasteiger partial charge in [-0.15, -0.1) is 12.4 Å². The maximum Gasteiger partial charge on any atom is 0.338 e. The van der Waals surface area contributed by atoms with Gasteiger partial charge in [-0.3, -0.25) is 4.90 Å². The van der Waals surface area contributed by atoms with Crippen LogP contribution >= 0.6 is 12.4 Å². The number of rotatable bonds is 4. The SMILES string of the molecule is Cl.[C-]#[N+]c1c(F)ccc([C@@H]2CN3CCN(CCc4ccc5c(c4C)COC5=O)C[C@@H]3CO2)c1C. The fraction of sp³-hybridized carbons (Fsp3) is 0.462. The minimum absolute atomic E-state index is 0. The van der Waals surface area contributed by atoms with Crippen molar-refractivity contribution in [2.45, 2.75) is 39.0 Å². The summed E-state index contributed by atoms with van der Waals surface area (Å²) >= 11 is 0. The number of halogens is 2. The molecular weight excluding hydrogens is 457 g/mol. The average molecular weight is 486 g/mol. The minimum Gasteiger partial charge on any atom is -0.457 e. The molecular formula is C26H29ClFN3O3. The maximum absolute atomic E-state index is 13.9. The van der Waals surface area contributed by atoms with Gasteiger partial charge >= 0.3 is 5.97 Å². The second kappa shape index (κ2) is 10.0. The molecule has 180 valence electrons. The van der Waals surface area contributed by atoms with Gasteiger partial charge < -0.3 is 14.4 Å². The van der Waals surface area contributed by atoms with E-state index in [1.807, 2.05) is 13.0 Å². The number of carbonyl (C=O) groups is 1. The standard InChI is InChI=1S/C26H28FN3O3.ClH/c1-16-18(4-5-21-22(16)15-33-26(21)31)8-9-29-10-11-30-13-24(32-14-19(30)12-29)20-6-7-23(27)25(28-3)17(20)2;/h4-7,19,24H,8-15H2,1-2H3;1H/t19-,24+;/m1./s1. The zero-order chi connectivity index (χ0) is 23.1. The molecule has 34 heavy (non-hydrogen) atoms. The van der Waals surface area contributed by atoms with Crippen LogP contribution in [-0.2, 0) is 22.5 Å². The zero-order valence-corrected chi connectivity index (χ0v) is 20.3. The number of esters is 1.